The summed E-state index contributed by atoms with van der Waals surface area (Å²) in [5.41, 5.74) is 2.54. The van der Waals surface area contributed by atoms with E-state index in [0.717, 1.165) is 49.9 Å². The minimum Gasteiger partial charge on any atom is -0.466 e. The molecule has 0 saturated carbocycles. The van der Waals surface area contributed by atoms with Gasteiger partial charge >= 0.3 is 17.9 Å². The third kappa shape index (κ3) is 5.76. The van der Waals surface area contributed by atoms with Crippen LogP contribution in [0, 0.1) is 11.8 Å². The fraction of sp³-hybridized carbons (Fsp3) is 0.708. The van der Waals surface area contributed by atoms with E-state index in [9.17, 15) is 14.4 Å². The van der Waals surface area contributed by atoms with Crippen LogP contribution in [0.15, 0.2) is 23.3 Å². The highest BCUT2D eigenvalue weighted by atomic mass is 16.6. The lowest BCUT2D eigenvalue weighted by molar-refractivity contribution is -0.153. The van der Waals surface area contributed by atoms with Gasteiger partial charge < -0.3 is 14.2 Å². The van der Waals surface area contributed by atoms with Crippen LogP contribution in [0.2, 0.25) is 0 Å². The van der Waals surface area contributed by atoms with E-state index in [1.807, 2.05) is 6.92 Å². The maximum atomic E-state index is 12.9. The predicted molar refractivity (Wildman–Crippen MR) is 115 cm³/mol. The second-order valence-corrected chi connectivity index (χ2v) is 9.07. The average Bonchev–Trinajstić information content (AvgIpc) is 2.99. The number of fused-ring (bicyclic) bond motifs is 1. The normalized spacial score (nSPS) is 27.5. The van der Waals surface area contributed by atoms with Gasteiger partial charge in [-0.1, -0.05) is 25.5 Å². The van der Waals surface area contributed by atoms with Gasteiger partial charge in [0.15, 0.2) is 0 Å². The van der Waals surface area contributed by atoms with Crippen LogP contribution in [-0.4, -0.2) is 61.3 Å². The van der Waals surface area contributed by atoms with Crippen LogP contribution in [0.25, 0.3) is 0 Å². The Morgan fingerprint density at radius 2 is 1.97 bits per heavy atom. The first-order chi connectivity index (χ1) is 14.8. The topological polar surface area (TPSA) is 82.1 Å². The van der Waals surface area contributed by atoms with Crippen molar-refractivity contribution in [1.82, 2.24) is 4.90 Å². The van der Waals surface area contributed by atoms with E-state index in [-0.39, 0.29) is 36.4 Å². The van der Waals surface area contributed by atoms with Crippen molar-refractivity contribution in [3.63, 3.8) is 0 Å². The second-order valence-electron chi connectivity index (χ2n) is 9.07. The summed E-state index contributed by atoms with van der Waals surface area (Å²) in [5, 5.41) is 0. The van der Waals surface area contributed by atoms with Crippen molar-refractivity contribution in [3.8, 4) is 0 Å². The quantitative estimate of drug-likeness (QED) is 0.191. The van der Waals surface area contributed by atoms with E-state index in [2.05, 4.69) is 18.4 Å². The molecule has 0 aromatic carbocycles. The Hall–Kier alpha value is -2.15. The molecule has 0 bridgehead atoms. The van der Waals surface area contributed by atoms with Crippen LogP contribution in [0.5, 0.6) is 0 Å². The van der Waals surface area contributed by atoms with Crippen molar-refractivity contribution in [1.29, 1.82) is 0 Å². The smallest absolute Gasteiger partial charge is 0.334 e. The summed E-state index contributed by atoms with van der Waals surface area (Å²) in [6.07, 6.45) is 4.67. The lowest BCUT2D eigenvalue weighted by atomic mass is 9.73. The summed E-state index contributed by atoms with van der Waals surface area (Å²) in [4.78, 5) is 38.2. The van der Waals surface area contributed by atoms with Crippen LogP contribution >= 0.6 is 0 Å². The van der Waals surface area contributed by atoms with E-state index >= 15 is 0 Å². The fourth-order valence-electron chi connectivity index (χ4n) is 5.13. The van der Waals surface area contributed by atoms with Crippen LogP contribution in [0.3, 0.4) is 0 Å². The number of carbonyl (C=O) groups is 3. The van der Waals surface area contributed by atoms with E-state index in [0.29, 0.717) is 18.6 Å². The Labute approximate surface area is 184 Å². The Bertz CT molecular complexity index is 751. The number of ether oxygens (including phenoxy) is 3. The predicted octanol–water partition coefficient (Wildman–Crippen LogP) is 3.18. The van der Waals surface area contributed by atoms with Gasteiger partial charge in [0.05, 0.1) is 19.1 Å². The summed E-state index contributed by atoms with van der Waals surface area (Å²) in [6, 6.07) is 0. The minimum atomic E-state index is -0.543. The summed E-state index contributed by atoms with van der Waals surface area (Å²) >= 11 is 0. The molecule has 0 spiro atoms. The Morgan fingerprint density at radius 1 is 1.26 bits per heavy atom. The highest BCUT2D eigenvalue weighted by Gasteiger charge is 2.50. The highest BCUT2D eigenvalue weighted by Crippen LogP contribution is 2.45. The first-order valence-electron chi connectivity index (χ1n) is 11.4. The molecule has 0 amide bonds. The average molecular weight is 434 g/mol. The van der Waals surface area contributed by atoms with Crippen molar-refractivity contribution in [2.45, 2.75) is 71.5 Å². The van der Waals surface area contributed by atoms with Crippen molar-refractivity contribution in [3.05, 3.63) is 23.3 Å². The number of esters is 3. The summed E-state index contributed by atoms with van der Waals surface area (Å²) in [7, 11) is 0. The molecule has 4 atom stereocenters. The molecule has 2 heterocycles. The Balaban J connectivity index is 1.74. The first-order valence-corrected chi connectivity index (χ1v) is 11.4. The summed E-state index contributed by atoms with van der Waals surface area (Å²) < 4.78 is 16.6. The minimum absolute atomic E-state index is 0.118. The van der Waals surface area contributed by atoms with Gasteiger partial charge in [-0.25, -0.2) is 4.79 Å². The summed E-state index contributed by atoms with van der Waals surface area (Å²) in [5.74, 6) is -1.17. The first kappa shape index (κ1) is 23.5. The number of rotatable bonds is 8. The molecule has 2 saturated heterocycles. The van der Waals surface area contributed by atoms with E-state index in [4.69, 9.17) is 14.2 Å². The second kappa shape index (κ2) is 10.4. The van der Waals surface area contributed by atoms with E-state index in [1.54, 1.807) is 0 Å². The van der Waals surface area contributed by atoms with Crippen LogP contribution < -0.4 is 0 Å². The van der Waals surface area contributed by atoms with Gasteiger partial charge in [-0.05, 0) is 57.2 Å². The molecule has 7 nitrogen and oxygen atoms in total. The van der Waals surface area contributed by atoms with Crippen molar-refractivity contribution in [2.75, 3.05) is 26.2 Å². The standard InChI is InChI=1S/C24H35NO6/c1-15(9-8-12-29-18(4)26)21-16(2)13-19-22(17(3)24(28)30-19)23(21)31-20(27)14-25-10-6-5-7-11-25/h15,19,22-23H,3,5-14H2,1-2,4H3/t15-,19+,22+,23+/m0/s1. The third-order valence-electron chi connectivity index (χ3n) is 6.63. The van der Waals surface area contributed by atoms with Crippen LogP contribution in [0.4, 0.5) is 0 Å². The van der Waals surface area contributed by atoms with Crippen LogP contribution in [0.1, 0.15) is 59.3 Å². The molecule has 1 aliphatic carbocycles. The zero-order valence-corrected chi connectivity index (χ0v) is 19.0. The number of carbonyl (C=O) groups excluding carboxylic acids is 3. The van der Waals surface area contributed by atoms with Gasteiger partial charge in [0, 0.05) is 18.9 Å². The molecule has 31 heavy (non-hydrogen) atoms. The van der Waals surface area contributed by atoms with Gasteiger partial charge in [0.1, 0.15) is 12.2 Å². The summed E-state index contributed by atoms with van der Waals surface area (Å²) in [6.45, 7) is 11.9. The van der Waals surface area contributed by atoms with Gasteiger partial charge in [-0.3, -0.25) is 14.5 Å². The molecular weight excluding hydrogens is 398 g/mol. The molecule has 3 aliphatic rings. The highest BCUT2D eigenvalue weighted by molar-refractivity contribution is 5.91. The molecule has 2 aliphatic heterocycles. The Kier molecular flexibility index (Phi) is 7.92. The molecule has 2 fully saturated rings. The van der Waals surface area contributed by atoms with E-state index < -0.39 is 12.1 Å². The van der Waals surface area contributed by atoms with E-state index in [1.165, 1.54) is 13.3 Å². The zero-order valence-electron chi connectivity index (χ0n) is 19.0. The number of likely N-dealkylation sites (tertiary alicyclic amines) is 1. The molecular formula is C24H35NO6. The van der Waals surface area contributed by atoms with Crippen LogP contribution in [-0.2, 0) is 28.6 Å². The molecule has 0 radical (unpaired) electrons. The van der Waals surface area contributed by atoms with Gasteiger partial charge in [-0.15, -0.1) is 0 Å². The van der Waals surface area contributed by atoms with Crippen molar-refractivity contribution in [2.24, 2.45) is 11.8 Å². The zero-order chi connectivity index (χ0) is 22.5. The lowest BCUT2D eigenvalue weighted by Crippen LogP contribution is -2.43. The number of hydrogen-bond acceptors (Lipinski definition) is 7. The lowest BCUT2D eigenvalue weighted by Gasteiger charge is -2.38. The van der Waals surface area contributed by atoms with Gasteiger partial charge in [-0.2, -0.15) is 0 Å². The number of piperidine rings is 1. The molecule has 172 valence electrons. The number of hydrogen-bond donors (Lipinski definition) is 0. The van der Waals surface area contributed by atoms with Gasteiger partial charge in [0.25, 0.3) is 0 Å². The fourth-order valence-corrected chi connectivity index (χ4v) is 5.13. The SMILES string of the molecule is C=C1C(=O)O[C@@H]2CC(C)=C([C@@H](C)CCCOC(C)=O)[C@@H](OC(=O)CN3CCCCC3)[C@H]12. The maximum absolute atomic E-state index is 12.9. The molecule has 3 rings (SSSR count). The molecule has 0 unspecified atom stereocenters. The maximum Gasteiger partial charge on any atom is 0.334 e. The molecule has 0 aromatic rings. The largest absolute Gasteiger partial charge is 0.466 e. The molecule has 7 heteroatoms. The van der Waals surface area contributed by atoms with Gasteiger partial charge in [0.2, 0.25) is 0 Å². The molecule has 0 N–H and O–H groups in total. The number of nitrogens with zero attached hydrogens (tertiary/aromatic N) is 1. The molecule has 0 aromatic heterocycles. The van der Waals surface area contributed by atoms with Crippen molar-refractivity contribution >= 4 is 17.9 Å². The Morgan fingerprint density at radius 3 is 2.65 bits per heavy atom. The third-order valence-corrected chi connectivity index (χ3v) is 6.63. The monoisotopic (exact) mass is 433 g/mol. The van der Waals surface area contributed by atoms with Crippen molar-refractivity contribution < 1.29 is 28.6 Å².